The Kier molecular flexibility index (Phi) is 4.74. The van der Waals surface area contributed by atoms with Crippen molar-refractivity contribution < 1.29 is 24.6 Å². The number of piperidine rings is 1. The molecule has 0 spiro atoms. The van der Waals surface area contributed by atoms with Crippen LogP contribution in [0.2, 0.25) is 0 Å². The first-order chi connectivity index (χ1) is 8.71. The molecule has 1 saturated heterocycles. The molecule has 3 N–H and O–H groups in total. The first kappa shape index (κ1) is 15.3. The highest BCUT2D eigenvalue weighted by Gasteiger charge is 2.30. The van der Waals surface area contributed by atoms with Gasteiger partial charge >= 0.3 is 18.0 Å². The van der Waals surface area contributed by atoms with Gasteiger partial charge in [-0.05, 0) is 18.3 Å². The lowest BCUT2D eigenvalue weighted by molar-refractivity contribution is -0.145. The van der Waals surface area contributed by atoms with Crippen molar-refractivity contribution in [2.24, 2.45) is 5.41 Å². The molecule has 0 saturated carbocycles. The maximum absolute atomic E-state index is 11.9. The van der Waals surface area contributed by atoms with Crippen molar-refractivity contribution in [2.75, 3.05) is 13.1 Å². The predicted octanol–water partition coefficient (Wildman–Crippen LogP) is 0.746. The molecule has 19 heavy (non-hydrogen) atoms. The van der Waals surface area contributed by atoms with Crippen molar-refractivity contribution in [1.29, 1.82) is 0 Å². The van der Waals surface area contributed by atoms with Crippen LogP contribution < -0.4 is 5.32 Å². The standard InChI is InChI=1S/C12H20N2O5/c1-12(2)3-5-14(6-4-12)11(19)13-8(10(17)18)7-9(15)16/h8H,3-7H2,1-2H3,(H,13,19)(H,15,16)(H,17,18)/t8-/m0/s1. The maximum Gasteiger partial charge on any atom is 0.326 e. The van der Waals surface area contributed by atoms with E-state index in [2.05, 4.69) is 19.2 Å². The molecule has 1 rings (SSSR count). The van der Waals surface area contributed by atoms with Crippen LogP contribution in [0, 0.1) is 5.41 Å². The van der Waals surface area contributed by atoms with E-state index in [0.29, 0.717) is 13.1 Å². The monoisotopic (exact) mass is 272 g/mol. The van der Waals surface area contributed by atoms with Crippen LogP contribution in [0.1, 0.15) is 33.1 Å². The van der Waals surface area contributed by atoms with Crippen molar-refractivity contribution >= 4 is 18.0 Å². The Morgan fingerprint density at radius 2 is 1.74 bits per heavy atom. The Morgan fingerprint density at radius 1 is 1.21 bits per heavy atom. The molecule has 1 fully saturated rings. The molecule has 1 aliphatic rings. The van der Waals surface area contributed by atoms with Gasteiger partial charge in [0.15, 0.2) is 0 Å². The number of carboxylic acid groups (broad SMARTS) is 2. The summed E-state index contributed by atoms with van der Waals surface area (Å²) in [5, 5.41) is 19.7. The molecule has 1 aliphatic heterocycles. The summed E-state index contributed by atoms with van der Waals surface area (Å²) < 4.78 is 0. The third kappa shape index (κ3) is 4.76. The van der Waals surface area contributed by atoms with Gasteiger partial charge in [0.25, 0.3) is 0 Å². The van der Waals surface area contributed by atoms with Crippen LogP contribution in [-0.2, 0) is 9.59 Å². The van der Waals surface area contributed by atoms with E-state index in [4.69, 9.17) is 10.2 Å². The average Bonchev–Trinajstić information content (AvgIpc) is 2.27. The second-order valence-corrected chi connectivity index (χ2v) is 5.59. The number of rotatable bonds is 4. The van der Waals surface area contributed by atoms with Gasteiger partial charge in [0.2, 0.25) is 0 Å². The largest absolute Gasteiger partial charge is 0.481 e. The average molecular weight is 272 g/mol. The molecule has 2 amide bonds. The first-order valence-electron chi connectivity index (χ1n) is 6.21. The van der Waals surface area contributed by atoms with Crippen LogP contribution in [0.15, 0.2) is 0 Å². The van der Waals surface area contributed by atoms with Crippen molar-refractivity contribution in [1.82, 2.24) is 10.2 Å². The zero-order valence-electron chi connectivity index (χ0n) is 11.2. The number of carboxylic acids is 2. The summed E-state index contributed by atoms with van der Waals surface area (Å²) in [5.41, 5.74) is 0.185. The van der Waals surface area contributed by atoms with Crippen LogP contribution in [0.5, 0.6) is 0 Å². The summed E-state index contributed by atoms with van der Waals surface area (Å²) in [4.78, 5) is 34.8. The van der Waals surface area contributed by atoms with Gasteiger partial charge in [-0.15, -0.1) is 0 Å². The minimum atomic E-state index is -1.39. The second-order valence-electron chi connectivity index (χ2n) is 5.59. The molecule has 0 aromatic heterocycles. The van der Waals surface area contributed by atoms with Gasteiger partial charge in [-0.1, -0.05) is 13.8 Å². The minimum absolute atomic E-state index is 0.185. The van der Waals surface area contributed by atoms with Gasteiger partial charge in [-0.2, -0.15) is 0 Å². The molecular weight excluding hydrogens is 252 g/mol. The molecule has 0 aromatic rings. The topological polar surface area (TPSA) is 107 Å². The number of likely N-dealkylation sites (tertiary alicyclic amines) is 1. The number of hydrogen-bond donors (Lipinski definition) is 3. The minimum Gasteiger partial charge on any atom is -0.481 e. The smallest absolute Gasteiger partial charge is 0.326 e. The summed E-state index contributed by atoms with van der Waals surface area (Å²) in [7, 11) is 0. The van der Waals surface area contributed by atoms with Crippen LogP contribution in [0.4, 0.5) is 4.79 Å². The van der Waals surface area contributed by atoms with E-state index in [0.717, 1.165) is 12.8 Å². The van der Waals surface area contributed by atoms with Crippen LogP contribution in [0.25, 0.3) is 0 Å². The number of carbonyl (C=O) groups is 3. The Balaban J connectivity index is 2.53. The summed E-state index contributed by atoms with van der Waals surface area (Å²) >= 11 is 0. The van der Waals surface area contributed by atoms with Crippen LogP contribution in [-0.4, -0.2) is 52.2 Å². The van der Waals surface area contributed by atoms with E-state index in [9.17, 15) is 14.4 Å². The van der Waals surface area contributed by atoms with Gasteiger partial charge in [-0.3, -0.25) is 4.79 Å². The number of urea groups is 1. The normalized spacial score (nSPS) is 19.6. The Morgan fingerprint density at radius 3 is 2.16 bits per heavy atom. The SMILES string of the molecule is CC1(C)CCN(C(=O)N[C@@H](CC(=O)O)C(=O)O)CC1. The van der Waals surface area contributed by atoms with Crippen molar-refractivity contribution in [2.45, 2.75) is 39.2 Å². The second kappa shape index (κ2) is 5.90. The molecule has 1 heterocycles. The fourth-order valence-electron chi connectivity index (χ4n) is 1.93. The lowest BCUT2D eigenvalue weighted by Gasteiger charge is -2.37. The number of nitrogens with one attached hydrogen (secondary N) is 1. The Bertz CT molecular complexity index is 370. The zero-order valence-corrected chi connectivity index (χ0v) is 11.2. The maximum atomic E-state index is 11.9. The third-order valence-electron chi connectivity index (χ3n) is 3.38. The lowest BCUT2D eigenvalue weighted by atomic mass is 9.83. The highest BCUT2D eigenvalue weighted by atomic mass is 16.4. The van der Waals surface area contributed by atoms with E-state index in [1.54, 1.807) is 0 Å². The lowest BCUT2D eigenvalue weighted by Crippen LogP contribution is -2.51. The summed E-state index contributed by atoms with van der Waals surface area (Å²) in [6.45, 7) is 5.34. The zero-order chi connectivity index (χ0) is 14.6. The van der Waals surface area contributed by atoms with E-state index >= 15 is 0 Å². The number of amides is 2. The van der Waals surface area contributed by atoms with Gasteiger partial charge in [-0.25, -0.2) is 9.59 Å². The number of carbonyl (C=O) groups excluding carboxylic acids is 1. The molecule has 0 unspecified atom stereocenters. The molecular formula is C12H20N2O5. The fraction of sp³-hybridized carbons (Fsp3) is 0.750. The van der Waals surface area contributed by atoms with Crippen LogP contribution >= 0.6 is 0 Å². The fourth-order valence-corrected chi connectivity index (χ4v) is 1.93. The molecule has 7 nitrogen and oxygen atoms in total. The van der Waals surface area contributed by atoms with E-state index < -0.39 is 30.4 Å². The summed E-state index contributed by atoms with van der Waals surface area (Å²) in [6, 6.07) is -1.90. The number of aliphatic carboxylic acids is 2. The van der Waals surface area contributed by atoms with E-state index in [-0.39, 0.29) is 5.41 Å². The van der Waals surface area contributed by atoms with E-state index in [1.165, 1.54) is 4.90 Å². The highest BCUT2D eigenvalue weighted by molar-refractivity contribution is 5.86. The quantitative estimate of drug-likeness (QED) is 0.700. The predicted molar refractivity (Wildman–Crippen MR) is 66.8 cm³/mol. The molecule has 0 aliphatic carbocycles. The van der Waals surface area contributed by atoms with Crippen LogP contribution in [0.3, 0.4) is 0 Å². The molecule has 0 aromatic carbocycles. The van der Waals surface area contributed by atoms with E-state index in [1.807, 2.05) is 0 Å². The third-order valence-corrected chi connectivity index (χ3v) is 3.38. The number of nitrogens with zero attached hydrogens (tertiary/aromatic N) is 1. The number of hydrogen-bond acceptors (Lipinski definition) is 3. The van der Waals surface area contributed by atoms with Crippen molar-refractivity contribution in [3.8, 4) is 0 Å². The molecule has 0 radical (unpaired) electrons. The van der Waals surface area contributed by atoms with Crippen molar-refractivity contribution in [3.63, 3.8) is 0 Å². The Hall–Kier alpha value is -1.79. The molecule has 1 atom stereocenters. The molecule has 0 bridgehead atoms. The van der Waals surface area contributed by atoms with Gasteiger partial charge in [0.05, 0.1) is 6.42 Å². The molecule has 108 valence electrons. The Labute approximate surface area is 111 Å². The highest BCUT2D eigenvalue weighted by Crippen LogP contribution is 2.29. The van der Waals surface area contributed by atoms with Gasteiger partial charge in [0, 0.05) is 13.1 Å². The summed E-state index contributed by atoms with van der Waals surface area (Å²) in [6.07, 6.45) is 1.06. The van der Waals surface area contributed by atoms with Gasteiger partial charge in [0.1, 0.15) is 6.04 Å². The molecule has 7 heteroatoms. The summed E-state index contributed by atoms with van der Waals surface area (Å²) in [5.74, 6) is -2.60. The van der Waals surface area contributed by atoms with Crippen molar-refractivity contribution in [3.05, 3.63) is 0 Å². The van der Waals surface area contributed by atoms with Gasteiger partial charge < -0.3 is 20.4 Å². The first-order valence-corrected chi connectivity index (χ1v) is 6.21.